The molecule has 0 radical (unpaired) electrons. The summed E-state index contributed by atoms with van der Waals surface area (Å²) in [7, 11) is -3.32. The van der Waals surface area contributed by atoms with Crippen molar-refractivity contribution < 1.29 is 13.2 Å². The Labute approximate surface area is 177 Å². The molecule has 0 N–H and O–H groups in total. The number of ether oxygens (including phenoxy) is 1. The van der Waals surface area contributed by atoms with Gasteiger partial charge in [-0.3, -0.25) is 0 Å². The van der Waals surface area contributed by atoms with Gasteiger partial charge in [-0.2, -0.15) is 11.8 Å². The topological polar surface area (TPSA) is 43.4 Å². The molecule has 128 valence electrons. The molecule has 6 rings (SSSR count). The fourth-order valence-electron chi connectivity index (χ4n) is 5.61. The van der Waals surface area contributed by atoms with E-state index < -0.39 is 9.84 Å². The van der Waals surface area contributed by atoms with Gasteiger partial charge in [-0.15, -0.1) is 11.8 Å². The molecule has 0 saturated carbocycles. The zero-order valence-corrected chi connectivity index (χ0v) is 19.2. The maximum Gasteiger partial charge on any atom is 0.190 e. The highest BCUT2D eigenvalue weighted by Gasteiger charge is 2.71. The first-order valence-corrected chi connectivity index (χ1v) is 13.8. The molecule has 3 nitrogen and oxygen atoms in total. The molecule has 1 aromatic carbocycles. The molecule has 0 aliphatic carbocycles. The second-order valence-corrected chi connectivity index (χ2v) is 14.6. The molecular formula is C16H14I2O3S3. The molecule has 24 heavy (non-hydrogen) atoms. The summed E-state index contributed by atoms with van der Waals surface area (Å²) in [6, 6.07) is 3.84. The number of fused-ring (bicyclic) bond motifs is 13. The second-order valence-electron chi connectivity index (χ2n) is 7.32. The van der Waals surface area contributed by atoms with E-state index in [-0.39, 0.29) is 16.6 Å². The number of thioether (sulfide) groups is 2. The number of hydrogen-bond donors (Lipinski definition) is 0. The summed E-state index contributed by atoms with van der Waals surface area (Å²) in [5.74, 6) is 1.85. The third kappa shape index (κ3) is 1.86. The largest absolute Gasteiger partial charge is 0.486 e. The van der Waals surface area contributed by atoms with Crippen LogP contribution in [-0.4, -0.2) is 40.8 Å². The van der Waals surface area contributed by atoms with Crippen LogP contribution in [0.25, 0.3) is 0 Å². The van der Waals surface area contributed by atoms with Gasteiger partial charge in [0.05, 0.1) is 0 Å². The molecule has 4 fully saturated rings. The molecule has 8 atom stereocenters. The highest BCUT2D eigenvalue weighted by molar-refractivity contribution is 14.1. The van der Waals surface area contributed by atoms with Crippen molar-refractivity contribution in [1.29, 1.82) is 0 Å². The second kappa shape index (κ2) is 5.14. The average molecular weight is 604 g/mol. The van der Waals surface area contributed by atoms with Gasteiger partial charge < -0.3 is 4.74 Å². The van der Waals surface area contributed by atoms with Gasteiger partial charge in [0, 0.05) is 28.1 Å². The van der Waals surface area contributed by atoms with Gasteiger partial charge in [-0.05, 0) is 82.0 Å². The van der Waals surface area contributed by atoms with Crippen LogP contribution in [-0.2, 0) is 9.84 Å². The monoisotopic (exact) mass is 604 g/mol. The van der Waals surface area contributed by atoms with Gasteiger partial charge in [-0.1, -0.05) is 0 Å². The lowest BCUT2D eigenvalue weighted by atomic mass is 9.70. The number of rotatable bonds is 0. The van der Waals surface area contributed by atoms with E-state index in [1.807, 2.05) is 23.9 Å². The molecule has 4 saturated heterocycles. The molecule has 8 heteroatoms. The van der Waals surface area contributed by atoms with E-state index in [1.165, 1.54) is 12.8 Å². The minimum atomic E-state index is -3.32. The smallest absolute Gasteiger partial charge is 0.190 e. The van der Waals surface area contributed by atoms with E-state index >= 15 is 0 Å². The number of benzene rings is 1. The van der Waals surface area contributed by atoms with E-state index in [0.717, 1.165) is 12.4 Å². The van der Waals surface area contributed by atoms with E-state index in [4.69, 9.17) is 4.74 Å². The summed E-state index contributed by atoms with van der Waals surface area (Å²) >= 11 is 8.47. The average Bonchev–Trinajstić information content (AvgIpc) is 3.23. The molecule has 4 bridgehead atoms. The summed E-state index contributed by atoms with van der Waals surface area (Å²) in [6.45, 7) is 0. The van der Waals surface area contributed by atoms with Crippen LogP contribution in [0.1, 0.15) is 12.8 Å². The summed E-state index contributed by atoms with van der Waals surface area (Å²) in [5.41, 5.74) is 0. The maximum atomic E-state index is 13.5. The lowest BCUT2D eigenvalue weighted by molar-refractivity contribution is 0.106. The Morgan fingerprint density at radius 1 is 1.04 bits per heavy atom. The number of halogens is 2. The maximum absolute atomic E-state index is 13.5. The molecule has 8 unspecified atom stereocenters. The van der Waals surface area contributed by atoms with Gasteiger partial charge in [0.25, 0.3) is 0 Å². The van der Waals surface area contributed by atoms with Crippen LogP contribution >= 0.6 is 68.7 Å². The van der Waals surface area contributed by atoms with Crippen LogP contribution in [0.4, 0.5) is 0 Å². The number of hydrogen-bond acceptors (Lipinski definition) is 5. The first kappa shape index (κ1) is 16.1. The minimum absolute atomic E-state index is 0.146. The Morgan fingerprint density at radius 2 is 1.75 bits per heavy atom. The van der Waals surface area contributed by atoms with Crippen LogP contribution in [0.15, 0.2) is 17.0 Å². The first-order chi connectivity index (χ1) is 11.5. The lowest BCUT2D eigenvalue weighted by Gasteiger charge is -2.43. The van der Waals surface area contributed by atoms with E-state index in [2.05, 4.69) is 56.9 Å². The predicted octanol–water partition coefficient (Wildman–Crippen LogP) is 3.81. The van der Waals surface area contributed by atoms with Crippen molar-refractivity contribution in [2.75, 3.05) is 0 Å². The van der Waals surface area contributed by atoms with E-state index in [0.29, 0.717) is 33.0 Å². The van der Waals surface area contributed by atoms with E-state index in [1.54, 1.807) is 0 Å². The molecule has 5 heterocycles. The zero-order chi connectivity index (χ0) is 16.4. The van der Waals surface area contributed by atoms with Gasteiger partial charge in [0.2, 0.25) is 0 Å². The van der Waals surface area contributed by atoms with Crippen LogP contribution < -0.4 is 4.74 Å². The molecule has 5 aliphatic heterocycles. The Bertz CT molecular complexity index is 874. The van der Waals surface area contributed by atoms with Crippen molar-refractivity contribution in [3.05, 3.63) is 19.3 Å². The highest BCUT2D eigenvalue weighted by Crippen LogP contribution is 2.69. The third-order valence-electron chi connectivity index (χ3n) is 6.31. The molecule has 1 aromatic rings. The summed E-state index contributed by atoms with van der Waals surface area (Å²) in [5, 5.41) is 1.70. The number of sulfone groups is 1. The predicted molar refractivity (Wildman–Crippen MR) is 114 cm³/mol. The van der Waals surface area contributed by atoms with Gasteiger partial charge in [0.1, 0.15) is 22.0 Å². The Kier molecular flexibility index (Phi) is 3.45. The standard InChI is InChI=1S/C16H14I2O3S3/c17-5-3-6(18)15-7(4-5)21-12-13-10-8-1-2-9(22-8)11(10)14(23-13)16(12)24(15,19)20/h3-4,8-14,16H,1-2H2. The quantitative estimate of drug-likeness (QED) is 0.422. The fraction of sp³-hybridized carbons (Fsp3) is 0.625. The Morgan fingerprint density at radius 3 is 2.50 bits per heavy atom. The Hall–Kier alpha value is 1.13. The zero-order valence-electron chi connectivity index (χ0n) is 12.4. The summed E-state index contributed by atoms with van der Waals surface area (Å²) < 4.78 is 35.2. The summed E-state index contributed by atoms with van der Waals surface area (Å²) in [6.07, 6.45) is 2.45. The van der Waals surface area contributed by atoms with Crippen LogP contribution in [0, 0.1) is 19.0 Å². The molecule has 0 aromatic heterocycles. The highest BCUT2D eigenvalue weighted by atomic mass is 127. The fourth-order valence-corrected chi connectivity index (χ4v) is 15.6. The lowest BCUT2D eigenvalue weighted by Crippen LogP contribution is -2.57. The normalized spacial score (nSPS) is 48.8. The SMILES string of the molecule is O=S1(=O)c2c(I)cc(I)cc2OC2C3SC(C4C5CCC(S5)C34)C21. The Balaban J connectivity index is 1.52. The van der Waals surface area contributed by atoms with Gasteiger partial charge >= 0.3 is 0 Å². The first-order valence-electron chi connectivity index (χ1n) is 8.17. The van der Waals surface area contributed by atoms with Crippen molar-refractivity contribution in [3.8, 4) is 5.75 Å². The molecular weight excluding hydrogens is 590 g/mol. The molecule has 0 amide bonds. The van der Waals surface area contributed by atoms with Gasteiger partial charge in [0.15, 0.2) is 9.84 Å². The third-order valence-corrected chi connectivity index (χ3v) is 14.2. The summed E-state index contributed by atoms with van der Waals surface area (Å²) in [4.78, 5) is 0.449. The molecule has 0 spiro atoms. The van der Waals surface area contributed by atoms with Crippen molar-refractivity contribution in [1.82, 2.24) is 0 Å². The van der Waals surface area contributed by atoms with E-state index in [9.17, 15) is 8.42 Å². The molecule has 5 aliphatic rings. The van der Waals surface area contributed by atoms with Crippen molar-refractivity contribution >= 4 is 78.5 Å². The van der Waals surface area contributed by atoms with Crippen molar-refractivity contribution in [2.45, 2.75) is 50.1 Å². The van der Waals surface area contributed by atoms with Crippen LogP contribution in [0.3, 0.4) is 0 Å². The van der Waals surface area contributed by atoms with Crippen molar-refractivity contribution in [3.63, 3.8) is 0 Å². The van der Waals surface area contributed by atoms with Crippen LogP contribution in [0.2, 0.25) is 0 Å². The van der Waals surface area contributed by atoms with Crippen molar-refractivity contribution in [2.24, 2.45) is 11.8 Å². The van der Waals surface area contributed by atoms with Crippen LogP contribution in [0.5, 0.6) is 5.75 Å². The van der Waals surface area contributed by atoms with Gasteiger partial charge in [-0.25, -0.2) is 8.42 Å². The minimum Gasteiger partial charge on any atom is -0.486 e.